The summed E-state index contributed by atoms with van der Waals surface area (Å²) in [5.74, 6) is 0. The molecule has 18 heavy (non-hydrogen) atoms. The van der Waals surface area contributed by atoms with Crippen LogP contribution in [0.1, 0.15) is 45.4 Å². The van der Waals surface area contributed by atoms with Crippen molar-refractivity contribution in [3.8, 4) is 0 Å². The van der Waals surface area contributed by atoms with E-state index in [1.165, 1.54) is 5.56 Å². The number of aromatic nitrogens is 2. The smallest absolute Gasteiger partial charge is 0.0669 e. The van der Waals surface area contributed by atoms with E-state index in [1.54, 1.807) is 0 Å². The summed E-state index contributed by atoms with van der Waals surface area (Å²) in [5.41, 5.74) is 2.53. The number of nitrogens with zero attached hydrogens (tertiary/aromatic N) is 2. The van der Waals surface area contributed by atoms with E-state index in [4.69, 9.17) is 0 Å². The minimum atomic E-state index is -0.285. The second kappa shape index (κ2) is 6.34. The van der Waals surface area contributed by atoms with E-state index in [9.17, 15) is 5.11 Å². The topological polar surface area (TPSA) is 50.1 Å². The van der Waals surface area contributed by atoms with Gasteiger partial charge in [0, 0.05) is 31.9 Å². The molecule has 0 fully saturated rings. The lowest BCUT2D eigenvalue weighted by molar-refractivity contribution is 0.119. The van der Waals surface area contributed by atoms with Gasteiger partial charge in [-0.05, 0) is 18.3 Å². The van der Waals surface area contributed by atoms with Crippen LogP contribution in [0.5, 0.6) is 0 Å². The molecular weight excluding hydrogens is 226 g/mol. The highest BCUT2D eigenvalue weighted by Gasteiger charge is 2.16. The summed E-state index contributed by atoms with van der Waals surface area (Å²) in [7, 11) is 1.94. The number of hydrogen-bond acceptors (Lipinski definition) is 3. The highest BCUT2D eigenvalue weighted by molar-refractivity contribution is 5.16. The average Bonchev–Trinajstić information content (AvgIpc) is 2.56. The molecule has 1 heterocycles. The van der Waals surface area contributed by atoms with Gasteiger partial charge in [0.05, 0.1) is 11.8 Å². The summed E-state index contributed by atoms with van der Waals surface area (Å²) < 4.78 is 1.85. The first kappa shape index (κ1) is 15.2. The van der Waals surface area contributed by atoms with Crippen molar-refractivity contribution in [1.82, 2.24) is 15.1 Å². The molecule has 0 saturated carbocycles. The van der Waals surface area contributed by atoms with E-state index in [0.29, 0.717) is 6.54 Å². The molecule has 4 heteroatoms. The highest BCUT2D eigenvalue weighted by Crippen LogP contribution is 2.20. The van der Waals surface area contributed by atoms with Gasteiger partial charge >= 0.3 is 0 Å². The molecule has 0 aliphatic heterocycles. The van der Waals surface area contributed by atoms with E-state index < -0.39 is 0 Å². The maximum atomic E-state index is 9.91. The fourth-order valence-corrected chi connectivity index (χ4v) is 2.18. The Bertz CT molecular complexity index is 366. The third-order valence-corrected chi connectivity index (χ3v) is 2.87. The van der Waals surface area contributed by atoms with Crippen LogP contribution in [-0.2, 0) is 20.0 Å². The van der Waals surface area contributed by atoms with Gasteiger partial charge in [0.1, 0.15) is 0 Å². The number of hydrogen-bond donors (Lipinski definition) is 2. The molecule has 0 radical (unpaired) electrons. The zero-order valence-electron chi connectivity index (χ0n) is 12.3. The molecule has 1 aromatic rings. The number of aliphatic hydroxyl groups excluding tert-OH is 1. The number of aryl methyl sites for hydroxylation is 2. The van der Waals surface area contributed by atoms with Crippen molar-refractivity contribution in [3.05, 3.63) is 17.5 Å². The van der Waals surface area contributed by atoms with Gasteiger partial charge in [0.15, 0.2) is 0 Å². The molecule has 0 amide bonds. The van der Waals surface area contributed by atoms with E-state index in [0.717, 1.165) is 25.1 Å². The summed E-state index contributed by atoms with van der Waals surface area (Å²) in [6.07, 6.45) is 3.52. The fourth-order valence-electron chi connectivity index (χ4n) is 2.18. The summed E-state index contributed by atoms with van der Waals surface area (Å²) in [5, 5.41) is 17.6. The Hall–Kier alpha value is -0.870. The van der Waals surface area contributed by atoms with Gasteiger partial charge in [-0.3, -0.25) is 4.68 Å². The van der Waals surface area contributed by atoms with Gasteiger partial charge in [-0.15, -0.1) is 0 Å². The largest absolute Gasteiger partial charge is 0.392 e. The van der Waals surface area contributed by atoms with Crippen LogP contribution in [0.15, 0.2) is 6.20 Å². The standard InChI is InChI=1S/C14H27N3O/c1-6-13-11(10-17(5)16-13)8-15-9-12(18)7-14(2,3)4/h10,12,15,18H,6-9H2,1-5H3. The van der Waals surface area contributed by atoms with Crippen molar-refractivity contribution in [3.63, 3.8) is 0 Å². The average molecular weight is 253 g/mol. The van der Waals surface area contributed by atoms with Gasteiger partial charge in [0.2, 0.25) is 0 Å². The van der Waals surface area contributed by atoms with Gasteiger partial charge in [0.25, 0.3) is 0 Å². The van der Waals surface area contributed by atoms with Crippen LogP contribution in [-0.4, -0.2) is 27.5 Å². The first-order valence-electron chi connectivity index (χ1n) is 6.72. The molecule has 1 aromatic heterocycles. The molecule has 104 valence electrons. The maximum absolute atomic E-state index is 9.91. The van der Waals surface area contributed by atoms with Crippen LogP contribution >= 0.6 is 0 Å². The summed E-state index contributed by atoms with van der Waals surface area (Å²) >= 11 is 0. The number of nitrogens with one attached hydrogen (secondary N) is 1. The van der Waals surface area contributed by atoms with Crippen LogP contribution < -0.4 is 5.32 Å². The first-order chi connectivity index (χ1) is 8.31. The molecule has 0 aliphatic carbocycles. The van der Waals surface area contributed by atoms with Crippen LogP contribution in [0.25, 0.3) is 0 Å². The lowest BCUT2D eigenvalue weighted by Gasteiger charge is -2.22. The van der Waals surface area contributed by atoms with Crippen molar-refractivity contribution in [2.75, 3.05) is 6.54 Å². The minimum Gasteiger partial charge on any atom is -0.392 e. The number of aliphatic hydroxyl groups is 1. The molecule has 0 aliphatic rings. The Balaban J connectivity index is 2.37. The monoisotopic (exact) mass is 253 g/mol. The van der Waals surface area contributed by atoms with Crippen molar-refractivity contribution in [2.24, 2.45) is 12.5 Å². The van der Waals surface area contributed by atoms with E-state index >= 15 is 0 Å². The second-order valence-corrected chi connectivity index (χ2v) is 6.18. The molecule has 1 unspecified atom stereocenters. The normalized spacial score (nSPS) is 13.9. The molecule has 4 nitrogen and oxygen atoms in total. The first-order valence-corrected chi connectivity index (χ1v) is 6.72. The molecule has 1 rings (SSSR count). The zero-order valence-corrected chi connectivity index (χ0v) is 12.3. The third kappa shape index (κ3) is 5.19. The Morgan fingerprint density at radius 2 is 2.11 bits per heavy atom. The van der Waals surface area contributed by atoms with Crippen molar-refractivity contribution >= 4 is 0 Å². The van der Waals surface area contributed by atoms with Crippen molar-refractivity contribution in [2.45, 2.75) is 53.2 Å². The Morgan fingerprint density at radius 1 is 1.44 bits per heavy atom. The van der Waals surface area contributed by atoms with E-state index in [-0.39, 0.29) is 11.5 Å². The van der Waals surface area contributed by atoms with Crippen LogP contribution in [0, 0.1) is 5.41 Å². The molecule has 2 N–H and O–H groups in total. The SMILES string of the molecule is CCc1nn(C)cc1CNCC(O)CC(C)(C)C. The van der Waals surface area contributed by atoms with Gasteiger partial charge in [-0.2, -0.15) is 5.10 Å². The lowest BCUT2D eigenvalue weighted by Crippen LogP contribution is -2.30. The minimum absolute atomic E-state index is 0.171. The predicted molar refractivity (Wildman–Crippen MR) is 74.4 cm³/mol. The summed E-state index contributed by atoms with van der Waals surface area (Å²) in [4.78, 5) is 0. The molecule has 1 atom stereocenters. The quantitative estimate of drug-likeness (QED) is 0.813. The summed E-state index contributed by atoms with van der Waals surface area (Å²) in [6, 6.07) is 0. The predicted octanol–water partition coefficient (Wildman–Crippen LogP) is 1.87. The second-order valence-electron chi connectivity index (χ2n) is 6.18. The van der Waals surface area contributed by atoms with Gasteiger partial charge in [-0.25, -0.2) is 0 Å². The molecule has 0 spiro atoms. The molecular formula is C14H27N3O. The van der Waals surface area contributed by atoms with Crippen LogP contribution in [0.4, 0.5) is 0 Å². The number of rotatable bonds is 6. The van der Waals surface area contributed by atoms with E-state index in [2.05, 4.69) is 38.1 Å². The Kier molecular flexibility index (Phi) is 5.35. The van der Waals surface area contributed by atoms with E-state index in [1.807, 2.05) is 17.9 Å². The van der Waals surface area contributed by atoms with Gasteiger partial charge in [-0.1, -0.05) is 27.7 Å². The maximum Gasteiger partial charge on any atom is 0.0669 e. The summed E-state index contributed by atoms with van der Waals surface area (Å²) in [6.45, 7) is 9.96. The highest BCUT2D eigenvalue weighted by atomic mass is 16.3. The third-order valence-electron chi connectivity index (χ3n) is 2.87. The lowest BCUT2D eigenvalue weighted by atomic mass is 9.89. The zero-order chi connectivity index (χ0) is 13.8. The van der Waals surface area contributed by atoms with Crippen LogP contribution in [0.2, 0.25) is 0 Å². The van der Waals surface area contributed by atoms with Crippen LogP contribution in [0.3, 0.4) is 0 Å². The Labute approximate surface area is 110 Å². The van der Waals surface area contributed by atoms with Crippen molar-refractivity contribution < 1.29 is 5.11 Å². The van der Waals surface area contributed by atoms with Gasteiger partial charge < -0.3 is 10.4 Å². The molecule has 0 aromatic carbocycles. The Morgan fingerprint density at radius 3 is 2.67 bits per heavy atom. The molecule has 0 bridgehead atoms. The molecule has 0 saturated heterocycles. The fraction of sp³-hybridized carbons (Fsp3) is 0.786. The van der Waals surface area contributed by atoms with Crippen molar-refractivity contribution in [1.29, 1.82) is 0 Å².